The van der Waals surface area contributed by atoms with Crippen LogP contribution in [-0.4, -0.2) is 34.4 Å². The van der Waals surface area contributed by atoms with E-state index in [0.29, 0.717) is 69.4 Å². The molecular formula is C52H62O11P2. The summed E-state index contributed by atoms with van der Waals surface area (Å²) in [6.07, 6.45) is 10.4. The SMILES string of the molecule is CCCCc1cc(OC)cc(-c2cc(OC)cc(CCCC)c2Op2oc3c(CCCC)cc(OC)cc3c3cc(OC)cc(CCCC)c3o2)c1OP1OC(=O)c2ccc(C)cc2O1. The molecule has 0 spiro atoms. The number of carbonyl (C=O) groups excluding carboxylic acids is 1. The van der Waals surface area contributed by atoms with Crippen LogP contribution in [0, 0.1) is 6.92 Å². The Morgan fingerprint density at radius 2 is 0.923 bits per heavy atom. The van der Waals surface area contributed by atoms with E-state index in [1.165, 1.54) is 0 Å². The highest BCUT2D eigenvalue weighted by Crippen LogP contribution is 2.54. The highest BCUT2D eigenvalue weighted by atomic mass is 31.2. The first-order chi connectivity index (χ1) is 31.6. The van der Waals surface area contributed by atoms with E-state index in [1.54, 1.807) is 34.5 Å². The molecule has 5 aromatic carbocycles. The minimum absolute atomic E-state index is 0.351. The summed E-state index contributed by atoms with van der Waals surface area (Å²) >= 11 is 0. The molecule has 0 fully saturated rings. The molecule has 0 radical (unpaired) electrons. The maximum atomic E-state index is 13.4. The van der Waals surface area contributed by atoms with Gasteiger partial charge in [-0.1, -0.05) is 59.4 Å². The molecule has 0 N–H and O–H groups in total. The highest BCUT2D eigenvalue weighted by Gasteiger charge is 2.35. The zero-order valence-corrected chi connectivity index (χ0v) is 41.0. The largest absolute Gasteiger partial charge is 0.532 e. The molecule has 65 heavy (non-hydrogen) atoms. The molecule has 1 aromatic heterocycles. The lowest BCUT2D eigenvalue weighted by Crippen LogP contribution is -2.15. The number of methoxy groups -OCH3 is 4. The summed E-state index contributed by atoms with van der Waals surface area (Å²) < 4.78 is 64.3. The van der Waals surface area contributed by atoms with Gasteiger partial charge in [0, 0.05) is 21.9 Å². The molecule has 1 unspecified atom stereocenters. The van der Waals surface area contributed by atoms with Crippen molar-refractivity contribution in [3.63, 3.8) is 0 Å². The molecule has 1 aliphatic rings. The van der Waals surface area contributed by atoms with Crippen molar-refractivity contribution in [3.05, 3.63) is 100 Å². The summed E-state index contributed by atoms with van der Waals surface area (Å²) in [5.41, 5.74) is 7.74. The van der Waals surface area contributed by atoms with Crippen LogP contribution < -0.4 is 32.5 Å². The van der Waals surface area contributed by atoms with Crippen molar-refractivity contribution in [2.75, 3.05) is 28.4 Å². The molecular weight excluding hydrogens is 863 g/mol. The number of carbonyl (C=O) groups is 1. The maximum absolute atomic E-state index is 13.4. The van der Waals surface area contributed by atoms with Crippen LogP contribution >= 0.6 is 16.8 Å². The third-order valence-electron chi connectivity index (χ3n) is 11.6. The fourth-order valence-electron chi connectivity index (χ4n) is 8.03. The van der Waals surface area contributed by atoms with Gasteiger partial charge >= 0.3 is 22.8 Å². The minimum Gasteiger partial charge on any atom is -0.497 e. The van der Waals surface area contributed by atoms with E-state index in [1.807, 2.05) is 55.5 Å². The quantitative estimate of drug-likeness (QED) is 0.0642. The summed E-state index contributed by atoms with van der Waals surface area (Å²) in [7, 11) is 2.31. The Labute approximate surface area is 385 Å². The summed E-state index contributed by atoms with van der Waals surface area (Å²) in [6, 6.07) is 21.4. The number of hydrogen-bond donors (Lipinski definition) is 0. The van der Waals surface area contributed by atoms with Gasteiger partial charge in [-0.3, -0.25) is 0 Å². The molecule has 346 valence electrons. The number of fused-ring (bicyclic) bond motifs is 4. The van der Waals surface area contributed by atoms with Crippen molar-refractivity contribution in [2.45, 2.75) is 112 Å². The second-order valence-electron chi connectivity index (χ2n) is 16.3. The van der Waals surface area contributed by atoms with Gasteiger partial charge in [0.1, 0.15) is 57.0 Å². The number of hydrogen-bond acceptors (Lipinski definition) is 11. The van der Waals surface area contributed by atoms with Crippen molar-refractivity contribution in [2.24, 2.45) is 0 Å². The molecule has 0 saturated heterocycles. The van der Waals surface area contributed by atoms with E-state index >= 15 is 0 Å². The molecule has 0 amide bonds. The Bertz CT molecular complexity index is 2590. The molecule has 0 saturated carbocycles. The van der Waals surface area contributed by atoms with Crippen LogP contribution in [0.1, 0.15) is 117 Å². The predicted molar refractivity (Wildman–Crippen MR) is 260 cm³/mol. The second-order valence-corrected chi connectivity index (χ2v) is 18.3. The monoisotopic (exact) mass is 924 g/mol. The lowest BCUT2D eigenvalue weighted by atomic mass is 9.94. The zero-order chi connectivity index (χ0) is 46.0. The number of benzene rings is 5. The normalized spacial score (nSPS) is 13.2. The van der Waals surface area contributed by atoms with Crippen molar-refractivity contribution in [1.82, 2.24) is 0 Å². The van der Waals surface area contributed by atoms with Crippen LogP contribution in [0.3, 0.4) is 0 Å². The lowest BCUT2D eigenvalue weighted by Gasteiger charge is -2.26. The fraction of sp³-hybridized carbons (Fsp3) is 0.404. The molecule has 11 nitrogen and oxygen atoms in total. The van der Waals surface area contributed by atoms with Gasteiger partial charge in [0.15, 0.2) is 0 Å². The van der Waals surface area contributed by atoms with Gasteiger partial charge in [-0.25, -0.2) is 4.79 Å². The molecule has 7 rings (SSSR count). The zero-order valence-electron chi connectivity index (χ0n) is 39.2. The number of rotatable bonds is 21. The lowest BCUT2D eigenvalue weighted by molar-refractivity contribution is 0.0697. The van der Waals surface area contributed by atoms with E-state index in [0.717, 1.165) is 114 Å². The van der Waals surface area contributed by atoms with E-state index < -0.39 is 22.8 Å². The molecule has 1 aliphatic heterocycles. The molecule has 6 aromatic rings. The van der Waals surface area contributed by atoms with E-state index in [2.05, 4.69) is 39.8 Å². The summed E-state index contributed by atoms with van der Waals surface area (Å²) in [5, 5.41) is 1.70. The van der Waals surface area contributed by atoms with Crippen LogP contribution in [0.25, 0.3) is 33.1 Å². The van der Waals surface area contributed by atoms with Crippen LogP contribution in [0.2, 0.25) is 0 Å². The van der Waals surface area contributed by atoms with Gasteiger partial charge in [-0.2, -0.15) is 0 Å². The Morgan fingerprint density at radius 1 is 0.492 bits per heavy atom. The number of ether oxygens (including phenoxy) is 4. The van der Waals surface area contributed by atoms with E-state index in [-0.39, 0.29) is 0 Å². The van der Waals surface area contributed by atoms with Gasteiger partial charge in [0.25, 0.3) is 0 Å². The van der Waals surface area contributed by atoms with Crippen LogP contribution in [0.15, 0.2) is 75.1 Å². The summed E-state index contributed by atoms with van der Waals surface area (Å²) in [6.45, 7) is 10.6. The Balaban J connectivity index is 1.52. The Kier molecular flexibility index (Phi) is 16.2. The molecule has 2 heterocycles. The minimum atomic E-state index is -2.21. The van der Waals surface area contributed by atoms with E-state index in [9.17, 15) is 4.79 Å². The average molecular weight is 925 g/mol. The summed E-state index contributed by atoms with van der Waals surface area (Å²) in [5.74, 6) is 3.66. The first kappa shape index (κ1) is 47.5. The third kappa shape index (κ3) is 10.8. The fourth-order valence-corrected chi connectivity index (χ4v) is 10.3. The molecule has 0 bridgehead atoms. The van der Waals surface area contributed by atoms with Gasteiger partial charge in [0.2, 0.25) is 0 Å². The van der Waals surface area contributed by atoms with Gasteiger partial charge in [-0.15, -0.1) is 0 Å². The van der Waals surface area contributed by atoms with Crippen molar-refractivity contribution in [1.29, 1.82) is 0 Å². The number of aryl methyl sites for hydroxylation is 5. The molecule has 1 atom stereocenters. The maximum Gasteiger partial charge on any atom is 0.532 e. The van der Waals surface area contributed by atoms with Crippen LogP contribution in [-0.2, 0) is 30.2 Å². The second kappa shape index (κ2) is 22.1. The first-order valence-corrected chi connectivity index (χ1v) is 25.0. The predicted octanol–water partition coefficient (Wildman–Crippen LogP) is 15.4. The van der Waals surface area contributed by atoms with Crippen LogP contribution in [0.5, 0.6) is 40.2 Å². The van der Waals surface area contributed by atoms with Crippen LogP contribution in [0.4, 0.5) is 0 Å². The van der Waals surface area contributed by atoms with Crippen molar-refractivity contribution in [3.8, 4) is 51.4 Å². The average Bonchev–Trinajstić information content (AvgIpc) is 3.47. The molecule has 13 heteroatoms. The summed E-state index contributed by atoms with van der Waals surface area (Å²) in [4.78, 5) is 13.4. The smallest absolute Gasteiger partial charge is 0.497 e. The molecule has 0 aliphatic carbocycles. The van der Waals surface area contributed by atoms with Crippen molar-refractivity contribution < 1.29 is 50.2 Å². The Morgan fingerprint density at radius 3 is 1.38 bits per heavy atom. The van der Waals surface area contributed by atoms with Crippen molar-refractivity contribution >= 4 is 44.8 Å². The number of unbranched alkanes of at least 4 members (excludes halogenated alkanes) is 4. The van der Waals surface area contributed by atoms with Gasteiger partial charge in [-0.05, 0) is 147 Å². The van der Waals surface area contributed by atoms with Gasteiger partial charge in [0.05, 0.1) is 28.4 Å². The topological polar surface area (TPSA) is 117 Å². The van der Waals surface area contributed by atoms with E-state index in [4.69, 9.17) is 45.4 Å². The Hall–Kier alpha value is -5.50. The van der Waals surface area contributed by atoms with Gasteiger partial charge < -0.3 is 45.4 Å². The third-order valence-corrected chi connectivity index (χ3v) is 13.6. The standard InChI is InChI=1S/C52H62O11P2/c1-10-14-18-34-25-38(54-6)29-43(48(34)59-64-58-47-24-33(5)22-23-42(47)52(53)63-64)44-30-39(55-7)26-35(19-15-11-2)49(44)60-65-61-50-36(20-16-12-3)27-40(56-8)31-45(50)46-32-41(57-9)28-37(21-17-13-4)51(46)62-65/h22-32H,10-21H2,1-9H3. The first-order valence-electron chi connectivity index (χ1n) is 22.8. The highest BCUT2D eigenvalue weighted by molar-refractivity contribution is 7.43.